The molecule has 0 saturated heterocycles. The van der Waals surface area contributed by atoms with Crippen LogP contribution in [0.1, 0.15) is 12.0 Å². The average molecular weight is 202 g/mol. The number of ether oxygens (including phenoxy) is 1. The molecule has 0 saturated carbocycles. The molecule has 0 aromatic heterocycles. The number of aliphatic hydroxyl groups excluding tert-OH is 1. The van der Waals surface area contributed by atoms with Crippen molar-refractivity contribution in [2.45, 2.75) is 12.8 Å². The smallest absolute Gasteiger partial charge is 0.190 e. The van der Waals surface area contributed by atoms with Gasteiger partial charge in [0.05, 0.1) is 7.11 Å². The highest BCUT2D eigenvalue weighted by Crippen LogP contribution is 2.23. The number of hydrogen-bond acceptors (Lipinski definition) is 2. The van der Waals surface area contributed by atoms with Crippen LogP contribution in [0.3, 0.4) is 0 Å². The van der Waals surface area contributed by atoms with Crippen molar-refractivity contribution in [3.05, 3.63) is 29.3 Å². The molecular formula is C10H12F2O2. The van der Waals surface area contributed by atoms with E-state index in [1.165, 1.54) is 19.2 Å². The fourth-order valence-corrected chi connectivity index (χ4v) is 1.23. The van der Waals surface area contributed by atoms with Crippen molar-refractivity contribution in [3.63, 3.8) is 0 Å². The molecule has 4 heteroatoms. The largest absolute Gasteiger partial charge is 0.491 e. The van der Waals surface area contributed by atoms with E-state index in [0.29, 0.717) is 18.4 Å². The fourth-order valence-electron chi connectivity index (χ4n) is 1.23. The zero-order valence-corrected chi connectivity index (χ0v) is 7.89. The molecule has 0 unspecified atom stereocenters. The van der Waals surface area contributed by atoms with E-state index in [-0.39, 0.29) is 12.4 Å². The van der Waals surface area contributed by atoms with Crippen LogP contribution in [0, 0.1) is 11.6 Å². The Balaban J connectivity index is 2.90. The van der Waals surface area contributed by atoms with Gasteiger partial charge >= 0.3 is 0 Å². The highest BCUT2D eigenvalue weighted by molar-refractivity contribution is 5.31. The predicted octanol–water partition coefficient (Wildman–Crippen LogP) is 1.90. The summed E-state index contributed by atoms with van der Waals surface area (Å²) in [4.78, 5) is 0. The monoisotopic (exact) mass is 202 g/mol. The quantitative estimate of drug-likeness (QED) is 0.808. The Bertz CT molecular complexity index is 290. The molecule has 1 rings (SSSR count). The van der Waals surface area contributed by atoms with Crippen LogP contribution in [-0.2, 0) is 6.42 Å². The number of rotatable bonds is 4. The first-order valence-electron chi connectivity index (χ1n) is 4.31. The highest BCUT2D eigenvalue weighted by atomic mass is 19.1. The maximum absolute atomic E-state index is 13.1. The zero-order valence-electron chi connectivity index (χ0n) is 7.89. The van der Waals surface area contributed by atoms with Crippen molar-refractivity contribution in [2.24, 2.45) is 0 Å². The minimum absolute atomic E-state index is 0.00919. The zero-order chi connectivity index (χ0) is 10.6. The third-order valence-electron chi connectivity index (χ3n) is 1.89. The summed E-state index contributed by atoms with van der Waals surface area (Å²) in [5.41, 5.74) is 0.523. The van der Waals surface area contributed by atoms with Crippen LogP contribution < -0.4 is 4.74 Å². The van der Waals surface area contributed by atoms with Crippen molar-refractivity contribution in [1.82, 2.24) is 0 Å². The minimum atomic E-state index is -0.708. The van der Waals surface area contributed by atoms with Gasteiger partial charge in [-0.25, -0.2) is 8.78 Å². The van der Waals surface area contributed by atoms with Gasteiger partial charge in [-0.2, -0.15) is 0 Å². The van der Waals surface area contributed by atoms with Gasteiger partial charge in [-0.05, 0) is 30.5 Å². The van der Waals surface area contributed by atoms with E-state index in [9.17, 15) is 8.78 Å². The molecule has 14 heavy (non-hydrogen) atoms. The van der Waals surface area contributed by atoms with Gasteiger partial charge < -0.3 is 9.84 Å². The Kier molecular flexibility index (Phi) is 3.83. The van der Waals surface area contributed by atoms with Crippen LogP contribution in [0.15, 0.2) is 12.1 Å². The molecule has 0 atom stereocenters. The van der Waals surface area contributed by atoms with E-state index in [0.717, 1.165) is 0 Å². The lowest BCUT2D eigenvalue weighted by molar-refractivity contribution is 0.288. The van der Waals surface area contributed by atoms with Gasteiger partial charge in [0.2, 0.25) is 0 Å². The molecule has 0 spiro atoms. The van der Waals surface area contributed by atoms with E-state index in [2.05, 4.69) is 4.74 Å². The minimum Gasteiger partial charge on any atom is -0.491 e. The van der Waals surface area contributed by atoms with Crippen LogP contribution in [0.25, 0.3) is 0 Å². The summed E-state index contributed by atoms with van der Waals surface area (Å²) >= 11 is 0. The molecular weight excluding hydrogens is 190 g/mol. The van der Waals surface area contributed by atoms with E-state index in [1.807, 2.05) is 0 Å². The number of methoxy groups -OCH3 is 1. The lowest BCUT2D eigenvalue weighted by Crippen LogP contribution is -1.97. The number of aliphatic hydroxyl groups is 1. The number of aryl methyl sites for hydroxylation is 1. The molecule has 0 amide bonds. The predicted molar refractivity (Wildman–Crippen MR) is 48.3 cm³/mol. The summed E-state index contributed by atoms with van der Waals surface area (Å²) in [5, 5.41) is 8.55. The molecule has 78 valence electrons. The van der Waals surface area contributed by atoms with Crippen LogP contribution in [0.5, 0.6) is 5.75 Å². The van der Waals surface area contributed by atoms with Crippen molar-refractivity contribution < 1.29 is 18.6 Å². The maximum Gasteiger partial charge on any atom is 0.190 e. The Morgan fingerprint density at radius 1 is 1.29 bits per heavy atom. The van der Waals surface area contributed by atoms with Gasteiger partial charge in [0.1, 0.15) is 0 Å². The first-order chi connectivity index (χ1) is 6.69. The fraction of sp³-hybridized carbons (Fsp3) is 0.400. The van der Waals surface area contributed by atoms with Gasteiger partial charge in [-0.3, -0.25) is 0 Å². The first-order valence-corrected chi connectivity index (χ1v) is 4.31. The maximum atomic E-state index is 13.1. The topological polar surface area (TPSA) is 29.5 Å². The molecule has 2 nitrogen and oxygen atoms in total. The third-order valence-corrected chi connectivity index (χ3v) is 1.89. The van der Waals surface area contributed by atoms with Crippen molar-refractivity contribution in [1.29, 1.82) is 0 Å². The number of benzene rings is 1. The molecule has 0 heterocycles. The van der Waals surface area contributed by atoms with Crippen LogP contribution >= 0.6 is 0 Å². The second-order valence-electron chi connectivity index (χ2n) is 2.92. The molecule has 0 radical (unpaired) electrons. The lowest BCUT2D eigenvalue weighted by Gasteiger charge is -2.06. The molecule has 0 aliphatic carbocycles. The van der Waals surface area contributed by atoms with Gasteiger partial charge in [-0.1, -0.05) is 0 Å². The molecule has 0 bridgehead atoms. The van der Waals surface area contributed by atoms with Crippen LogP contribution in [0.2, 0.25) is 0 Å². The number of hydrogen-bond donors (Lipinski definition) is 1. The van der Waals surface area contributed by atoms with Gasteiger partial charge in [-0.15, -0.1) is 0 Å². The summed E-state index contributed by atoms with van der Waals surface area (Å²) in [5.74, 6) is -1.78. The highest BCUT2D eigenvalue weighted by Gasteiger charge is 2.10. The van der Waals surface area contributed by atoms with Crippen molar-refractivity contribution in [3.8, 4) is 5.75 Å². The Morgan fingerprint density at radius 3 is 2.29 bits per heavy atom. The van der Waals surface area contributed by atoms with Gasteiger partial charge in [0, 0.05) is 6.61 Å². The number of halogens is 2. The molecule has 1 aromatic carbocycles. The summed E-state index contributed by atoms with van der Waals surface area (Å²) in [6, 6.07) is 2.44. The Hall–Kier alpha value is -1.16. The summed E-state index contributed by atoms with van der Waals surface area (Å²) in [6.45, 7) is 0.00919. The molecule has 1 aromatic rings. The first kappa shape index (κ1) is 10.9. The Labute approximate surface area is 81.1 Å². The molecule has 0 fully saturated rings. The van der Waals surface area contributed by atoms with E-state index in [1.54, 1.807) is 0 Å². The van der Waals surface area contributed by atoms with E-state index < -0.39 is 11.6 Å². The van der Waals surface area contributed by atoms with E-state index >= 15 is 0 Å². The van der Waals surface area contributed by atoms with E-state index in [4.69, 9.17) is 5.11 Å². The van der Waals surface area contributed by atoms with Gasteiger partial charge in [0.25, 0.3) is 0 Å². The Morgan fingerprint density at radius 2 is 1.86 bits per heavy atom. The SMILES string of the molecule is COc1c(F)cc(CCCO)cc1F. The summed E-state index contributed by atoms with van der Waals surface area (Å²) in [6.07, 6.45) is 0.944. The standard InChI is InChI=1S/C10H12F2O2/c1-14-10-8(11)5-7(3-2-4-13)6-9(10)12/h5-6,13H,2-4H2,1H3. The average Bonchev–Trinajstić information content (AvgIpc) is 2.14. The molecule has 0 aliphatic rings. The van der Waals surface area contributed by atoms with Crippen LogP contribution in [-0.4, -0.2) is 18.8 Å². The lowest BCUT2D eigenvalue weighted by atomic mass is 10.1. The normalized spacial score (nSPS) is 10.3. The molecule has 1 N–H and O–H groups in total. The second kappa shape index (κ2) is 4.91. The van der Waals surface area contributed by atoms with Crippen molar-refractivity contribution in [2.75, 3.05) is 13.7 Å². The van der Waals surface area contributed by atoms with Gasteiger partial charge in [0.15, 0.2) is 17.4 Å². The van der Waals surface area contributed by atoms with Crippen LogP contribution in [0.4, 0.5) is 8.78 Å². The third kappa shape index (κ3) is 2.42. The molecule has 0 aliphatic heterocycles. The van der Waals surface area contributed by atoms with Crippen molar-refractivity contribution >= 4 is 0 Å². The second-order valence-corrected chi connectivity index (χ2v) is 2.92. The summed E-state index contributed by atoms with van der Waals surface area (Å²) in [7, 11) is 1.22. The summed E-state index contributed by atoms with van der Waals surface area (Å²) < 4.78 is 30.8.